The Morgan fingerprint density at radius 2 is 2.32 bits per heavy atom. The second-order valence-electron chi connectivity index (χ2n) is 3.70. The maximum Gasteiger partial charge on any atom is 0.341 e. The lowest BCUT2D eigenvalue weighted by Crippen LogP contribution is -2.15. The van der Waals surface area contributed by atoms with Gasteiger partial charge in [-0.3, -0.25) is 10.8 Å². The summed E-state index contributed by atoms with van der Waals surface area (Å²) < 4.78 is 5.90. The van der Waals surface area contributed by atoms with Crippen LogP contribution in [0.5, 0.6) is 0 Å². The lowest BCUT2D eigenvalue weighted by atomic mass is 10.1. The van der Waals surface area contributed by atoms with Gasteiger partial charge in [0.25, 0.3) is 0 Å². The van der Waals surface area contributed by atoms with Gasteiger partial charge < -0.3 is 10.2 Å². The number of aromatic nitrogens is 1. The molecule has 3 N–H and O–H groups in total. The number of benzene rings is 1. The number of nitrogens with one attached hydrogen (secondary N) is 1. The van der Waals surface area contributed by atoms with Gasteiger partial charge in [0.2, 0.25) is 0 Å². The number of carbonyl (C=O) groups excluding carboxylic acids is 1. The van der Waals surface area contributed by atoms with Crippen molar-refractivity contribution in [3.8, 4) is 0 Å². The molecule has 1 aromatic heterocycles. The molecule has 0 aliphatic carbocycles. The molecule has 7 heteroatoms. The highest BCUT2D eigenvalue weighted by molar-refractivity contribution is 14.1. The molecular formula is C12H11ClIN3O2. The standard InChI is InChI=1S/C12H11ClIN3O2/c1-2-19-12(18)8-5-16-11-7(10(8)17-15)3-6(14)4-9(11)13/h3-5H,2,15H2,1H3,(H,16,17). The van der Waals surface area contributed by atoms with E-state index in [1.54, 1.807) is 13.0 Å². The number of nitrogens with zero attached hydrogens (tertiary/aromatic N) is 1. The maximum atomic E-state index is 11.8. The molecule has 0 saturated heterocycles. The molecule has 0 amide bonds. The molecule has 0 atom stereocenters. The third-order valence-electron chi connectivity index (χ3n) is 2.53. The number of esters is 1. The van der Waals surface area contributed by atoms with Crippen molar-refractivity contribution in [2.24, 2.45) is 5.84 Å². The molecular weight excluding hydrogens is 381 g/mol. The summed E-state index contributed by atoms with van der Waals surface area (Å²) in [6, 6.07) is 3.65. The third-order valence-corrected chi connectivity index (χ3v) is 3.44. The van der Waals surface area contributed by atoms with Crippen LogP contribution in [0.1, 0.15) is 17.3 Å². The molecule has 5 nitrogen and oxygen atoms in total. The van der Waals surface area contributed by atoms with Gasteiger partial charge in [-0.05, 0) is 41.6 Å². The number of carbonyl (C=O) groups is 1. The molecule has 0 aliphatic rings. The van der Waals surface area contributed by atoms with E-state index in [4.69, 9.17) is 22.2 Å². The van der Waals surface area contributed by atoms with Gasteiger partial charge in [-0.15, -0.1) is 0 Å². The van der Waals surface area contributed by atoms with Gasteiger partial charge >= 0.3 is 5.97 Å². The number of hydrogen-bond donors (Lipinski definition) is 2. The molecule has 2 rings (SSSR count). The highest BCUT2D eigenvalue weighted by Gasteiger charge is 2.17. The monoisotopic (exact) mass is 391 g/mol. The number of ether oxygens (including phenoxy) is 1. The van der Waals surface area contributed by atoms with Crippen LogP contribution in [0.25, 0.3) is 10.9 Å². The number of nitrogens with two attached hydrogens (primary N) is 1. The smallest absolute Gasteiger partial charge is 0.341 e. The van der Waals surface area contributed by atoms with E-state index >= 15 is 0 Å². The Labute approximate surface area is 128 Å². The molecule has 0 fully saturated rings. The van der Waals surface area contributed by atoms with Gasteiger partial charge in [0, 0.05) is 15.2 Å². The lowest BCUT2D eigenvalue weighted by Gasteiger charge is -2.12. The molecule has 1 heterocycles. The van der Waals surface area contributed by atoms with Crippen LogP contribution >= 0.6 is 34.2 Å². The largest absolute Gasteiger partial charge is 0.462 e. The molecule has 19 heavy (non-hydrogen) atoms. The summed E-state index contributed by atoms with van der Waals surface area (Å²) in [5, 5.41) is 1.19. The number of anilines is 1. The second-order valence-corrected chi connectivity index (χ2v) is 5.35. The Hall–Kier alpha value is -1.12. The van der Waals surface area contributed by atoms with E-state index < -0.39 is 5.97 Å². The number of hydrazine groups is 1. The predicted octanol–water partition coefficient (Wildman–Crippen LogP) is 2.96. The Kier molecular flexibility index (Phi) is 4.43. The first-order chi connectivity index (χ1) is 9.08. The van der Waals surface area contributed by atoms with E-state index in [0.29, 0.717) is 21.6 Å². The zero-order valence-electron chi connectivity index (χ0n) is 10.0. The van der Waals surface area contributed by atoms with Crippen LogP contribution in [-0.4, -0.2) is 17.6 Å². The van der Waals surface area contributed by atoms with Crippen molar-refractivity contribution in [2.75, 3.05) is 12.0 Å². The molecule has 0 bridgehead atoms. The highest BCUT2D eigenvalue weighted by atomic mass is 127. The molecule has 0 aliphatic heterocycles. The number of nitrogen functional groups attached to an aromatic ring is 1. The third kappa shape index (κ3) is 2.75. The fraction of sp³-hybridized carbons (Fsp3) is 0.167. The summed E-state index contributed by atoms with van der Waals surface area (Å²) in [7, 11) is 0. The predicted molar refractivity (Wildman–Crippen MR) is 83.2 cm³/mol. The number of fused-ring (bicyclic) bond motifs is 1. The summed E-state index contributed by atoms with van der Waals surface area (Å²) in [6.07, 6.45) is 1.41. The van der Waals surface area contributed by atoms with Crippen molar-refractivity contribution in [1.29, 1.82) is 0 Å². The Morgan fingerprint density at radius 1 is 1.58 bits per heavy atom. The van der Waals surface area contributed by atoms with Crippen LogP contribution in [0.2, 0.25) is 5.02 Å². The van der Waals surface area contributed by atoms with Crippen LogP contribution in [0.3, 0.4) is 0 Å². The van der Waals surface area contributed by atoms with E-state index in [1.165, 1.54) is 6.20 Å². The number of pyridine rings is 1. The van der Waals surface area contributed by atoms with Crippen LogP contribution in [0, 0.1) is 3.57 Å². The molecule has 0 radical (unpaired) electrons. The fourth-order valence-corrected chi connectivity index (χ4v) is 2.82. The van der Waals surface area contributed by atoms with Gasteiger partial charge in [0.15, 0.2) is 0 Å². The van der Waals surface area contributed by atoms with Crippen molar-refractivity contribution in [3.05, 3.63) is 32.5 Å². The average Bonchev–Trinajstić information content (AvgIpc) is 2.37. The molecule has 0 unspecified atom stereocenters. The Balaban J connectivity index is 2.72. The van der Waals surface area contributed by atoms with E-state index in [9.17, 15) is 4.79 Å². The van der Waals surface area contributed by atoms with E-state index in [2.05, 4.69) is 33.0 Å². The lowest BCUT2D eigenvalue weighted by molar-refractivity contribution is 0.0527. The molecule has 100 valence electrons. The number of rotatable bonds is 3. The van der Waals surface area contributed by atoms with Gasteiger partial charge in [-0.25, -0.2) is 4.79 Å². The van der Waals surface area contributed by atoms with E-state index in [-0.39, 0.29) is 12.2 Å². The molecule has 0 saturated carbocycles. The Bertz CT molecular complexity index is 648. The van der Waals surface area contributed by atoms with Crippen molar-refractivity contribution in [2.45, 2.75) is 6.92 Å². The minimum Gasteiger partial charge on any atom is -0.462 e. The normalized spacial score (nSPS) is 10.5. The first-order valence-electron chi connectivity index (χ1n) is 5.50. The van der Waals surface area contributed by atoms with Crippen LogP contribution in [0.4, 0.5) is 5.69 Å². The molecule has 0 spiro atoms. The topological polar surface area (TPSA) is 77.2 Å². The fourth-order valence-electron chi connectivity index (χ4n) is 1.75. The maximum absolute atomic E-state index is 11.8. The SMILES string of the molecule is CCOC(=O)c1cnc2c(Cl)cc(I)cc2c1NN. The quantitative estimate of drug-likeness (QED) is 0.364. The minimum atomic E-state index is -0.472. The van der Waals surface area contributed by atoms with Crippen LogP contribution < -0.4 is 11.3 Å². The zero-order chi connectivity index (χ0) is 14.0. The van der Waals surface area contributed by atoms with Crippen molar-refractivity contribution >= 4 is 56.8 Å². The molecule has 2 aromatic rings. The Morgan fingerprint density at radius 3 is 2.95 bits per heavy atom. The van der Waals surface area contributed by atoms with E-state index in [0.717, 1.165) is 3.57 Å². The summed E-state index contributed by atoms with van der Waals surface area (Å²) in [5.74, 6) is 5.05. The summed E-state index contributed by atoms with van der Waals surface area (Å²) >= 11 is 8.27. The van der Waals surface area contributed by atoms with Gasteiger partial charge in [-0.2, -0.15) is 0 Å². The molecule has 1 aromatic carbocycles. The van der Waals surface area contributed by atoms with Crippen molar-refractivity contribution in [1.82, 2.24) is 4.98 Å². The number of halogens is 2. The first-order valence-corrected chi connectivity index (χ1v) is 6.95. The van der Waals surface area contributed by atoms with Gasteiger partial charge in [0.05, 0.1) is 22.8 Å². The van der Waals surface area contributed by atoms with Crippen LogP contribution in [0.15, 0.2) is 18.3 Å². The summed E-state index contributed by atoms with van der Waals surface area (Å²) in [5.41, 5.74) is 3.86. The summed E-state index contributed by atoms with van der Waals surface area (Å²) in [6.45, 7) is 2.02. The summed E-state index contributed by atoms with van der Waals surface area (Å²) in [4.78, 5) is 16.0. The van der Waals surface area contributed by atoms with Crippen molar-refractivity contribution < 1.29 is 9.53 Å². The average molecular weight is 392 g/mol. The van der Waals surface area contributed by atoms with Gasteiger partial charge in [-0.1, -0.05) is 11.6 Å². The minimum absolute atomic E-state index is 0.286. The zero-order valence-corrected chi connectivity index (χ0v) is 12.9. The van der Waals surface area contributed by atoms with E-state index in [1.807, 2.05) is 6.07 Å². The highest BCUT2D eigenvalue weighted by Crippen LogP contribution is 2.31. The van der Waals surface area contributed by atoms with Crippen molar-refractivity contribution in [3.63, 3.8) is 0 Å². The first kappa shape index (κ1) is 14.3. The van der Waals surface area contributed by atoms with Gasteiger partial charge in [0.1, 0.15) is 5.56 Å². The second kappa shape index (κ2) is 5.89. The number of hydrogen-bond acceptors (Lipinski definition) is 5. The van der Waals surface area contributed by atoms with Crippen LogP contribution in [-0.2, 0) is 4.74 Å².